The zero-order chi connectivity index (χ0) is 18.8. The van der Waals surface area contributed by atoms with E-state index in [0.717, 1.165) is 48.3 Å². The Morgan fingerprint density at radius 2 is 1.89 bits per heavy atom. The Morgan fingerprint density at radius 3 is 2.59 bits per heavy atom. The second-order valence-electron chi connectivity index (χ2n) is 7.27. The number of benzene rings is 2. The number of aromatic nitrogens is 3. The first kappa shape index (κ1) is 17.5. The van der Waals surface area contributed by atoms with Crippen molar-refractivity contribution in [2.45, 2.75) is 26.3 Å². The summed E-state index contributed by atoms with van der Waals surface area (Å²) in [6.07, 6.45) is 2.15. The molecule has 1 aliphatic rings. The first-order chi connectivity index (χ1) is 13.1. The fourth-order valence-electron chi connectivity index (χ4n) is 3.52. The number of piperidine rings is 1. The summed E-state index contributed by atoms with van der Waals surface area (Å²) in [4.78, 5) is 14.7. The van der Waals surface area contributed by atoms with E-state index in [1.807, 2.05) is 52.0 Å². The number of nitrogens with zero attached hydrogens (tertiary/aromatic N) is 4. The molecule has 0 N–H and O–H groups in total. The Morgan fingerprint density at radius 1 is 1.15 bits per heavy atom. The van der Waals surface area contributed by atoms with Gasteiger partial charge in [-0.3, -0.25) is 4.79 Å². The van der Waals surface area contributed by atoms with E-state index >= 15 is 0 Å². The topological polar surface area (TPSA) is 60.2 Å². The summed E-state index contributed by atoms with van der Waals surface area (Å²) in [5.74, 6) is 1.63. The van der Waals surface area contributed by atoms with Crippen LogP contribution in [0.2, 0.25) is 0 Å². The van der Waals surface area contributed by atoms with Crippen LogP contribution in [-0.4, -0.2) is 46.0 Å². The molecule has 0 atom stereocenters. The van der Waals surface area contributed by atoms with Crippen LogP contribution in [0.1, 0.15) is 35.7 Å². The van der Waals surface area contributed by atoms with Crippen molar-refractivity contribution in [3.8, 4) is 5.75 Å². The molecule has 0 radical (unpaired) electrons. The van der Waals surface area contributed by atoms with Gasteiger partial charge in [-0.1, -0.05) is 24.3 Å². The minimum Gasteiger partial charge on any atom is -0.497 e. The van der Waals surface area contributed by atoms with Crippen molar-refractivity contribution in [3.63, 3.8) is 0 Å². The van der Waals surface area contributed by atoms with Gasteiger partial charge >= 0.3 is 0 Å². The SMILES string of the molecule is COc1ccc(Cn2nnc3cc(C(=O)N4CCC(C)CC4)ccc32)cc1. The van der Waals surface area contributed by atoms with Crippen LogP contribution < -0.4 is 4.74 Å². The number of carbonyl (C=O) groups excluding carboxylic acids is 1. The number of likely N-dealkylation sites (tertiary alicyclic amines) is 1. The lowest BCUT2D eigenvalue weighted by atomic mass is 9.98. The number of carbonyl (C=O) groups is 1. The van der Waals surface area contributed by atoms with E-state index in [9.17, 15) is 4.79 Å². The highest BCUT2D eigenvalue weighted by molar-refractivity contribution is 5.97. The predicted molar refractivity (Wildman–Crippen MR) is 104 cm³/mol. The number of hydrogen-bond acceptors (Lipinski definition) is 4. The van der Waals surface area contributed by atoms with Crippen LogP contribution in [0, 0.1) is 5.92 Å². The van der Waals surface area contributed by atoms with E-state index in [2.05, 4.69) is 17.2 Å². The predicted octanol–water partition coefficient (Wildman–Crippen LogP) is 3.36. The van der Waals surface area contributed by atoms with Gasteiger partial charge in [-0.2, -0.15) is 0 Å². The number of amides is 1. The van der Waals surface area contributed by atoms with Gasteiger partial charge in [0.15, 0.2) is 0 Å². The molecule has 2 heterocycles. The minimum absolute atomic E-state index is 0.0912. The largest absolute Gasteiger partial charge is 0.497 e. The molecule has 1 fully saturated rings. The fourth-order valence-corrected chi connectivity index (χ4v) is 3.52. The van der Waals surface area contributed by atoms with Crippen molar-refractivity contribution in [2.24, 2.45) is 5.92 Å². The number of ether oxygens (including phenoxy) is 1. The quantitative estimate of drug-likeness (QED) is 0.712. The lowest BCUT2D eigenvalue weighted by Gasteiger charge is -2.30. The van der Waals surface area contributed by atoms with Gasteiger partial charge in [0.1, 0.15) is 11.3 Å². The molecule has 1 amide bonds. The van der Waals surface area contributed by atoms with Crippen LogP contribution in [0.4, 0.5) is 0 Å². The van der Waals surface area contributed by atoms with Gasteiger partial charge in [0.05, 0.1) is 19.2 Å². The highest BCUT2D eigenvalue weighted by Gasteiger charge is 2.22. The van der Waals surface area contributed by atoms with E-state index in [1.54, 1.807) is 7.11 Å². The van der Waals surface area contributed by atoms with Crippen molar-refractivity contribution < 1.29 is 9.53 Å². The van der Waals surface area contributed by atoms with Crippen LogP contribution in [0.3, 0.4) is 0 Å². The van der Waals surface area contributed by atoms with Gasteiger partial charge in [0.25, 0.3) is 5.91 Å². The maximum absolute atomic E-state index is 12.8. The standard InChI is InChI=1S/C21H24N4O2/c1-15-9-11-24(12-10-15)21(26)17-5-8-20-19(13-17)22-23-25(20)14-16-3-6-18(27-2)7-4-16/h3-8,13,15H,9-12,14H2,1-2H3. The van der Waals surface area contributed by atoms with Crippen molar-refractivity contribution in [3.05, 3.63) is 53.6 Å². The molecule has 0 spiro atoms. The van der Waals surface area contributed by atoms with Gasteiger partial charge in [-0.25, -0.2) is 4.68 Å². The van der Waals surface area contributed by atoms with Crippen LogP contribution in [0.25, 0.3) is 11.0 Å². The summed E-state index contributed by atoms with van der Waals surface area (Å²) in [7, 11) is 1.66. The lowest BCUT2D eigenvalue weighted by Crippen LogP contribution is -2.37. The number of fused-ring (bicyclic) bond motifs is 1. The van der Waals surface area contributed by atoms with E-state index < -0.39 is 0 Å². The smallest absolute Gasteiger partial charge is 0.253 e. The molecule has 0 bridgehead atoms. The first-order valence-corrected chi connectivity index (χ1v) is 9.39. The Bertz CT molecular complexity index is 940. The summed E-state index contributed by atoms with van der Waals surface area (Å²) in [5.41, 5.74) is 3.48. The Balaban J connectivity index is 1.53. The highest BCUT2D eigenvalue weighted by Crippen LogP contribution is 2.21. The zero-order valence-electron chi connectivity index (χ0n) is 15.8. The van der Waals surface area contributed by atoms with Crippen LogP contribution >= 0.6 is 0 Å². The third-order valence-corrected chi connectivity index (χ3v) is 5.32. The summed E-state index contributed by atoms with van der Waals surface area (Å²) in [6.45, 7) is 4.54. The average molecular weight is 364 g/mol. The molecule has 0 aliphatic carbocycles. The average Bonchev–Trinajstić information content (AvgIpc) is 3.10. The van der Waals surface area contributed by atoms with Crippen LogP contribution in [0.15, 0.2) is 42.5 Å². The van der Waals surface area contributed by atoms with Crippen molar-refractivity contribution >= 4 is 16.9 Å². The molecule has 1 saturated heterocycles. The van der Waals surface area contributed by atoms with Gasteiger partial charge in [-0.05, 0) is 54.7 Å². The molecular formula is C21H24N4O2. The molecule has 1 aromatic heterocycles. The van der Waals surface area contributed by atoms with E-state index in [1.165, 1.54) is 0 Å². The second-order valence-corrected chi connectivity index (χ2v) is 7.27. The van der Waals surface area contributed by atoms with Crippen LogP contribution in [-0.2, 0) is 6.54 Å². The fraction of sp³-hybridized carbons (Fsp3) is 0.381. The Hall–Kier alpha value is -2.89. The number of methoxy groups -OCH3 is 1. The van der Waals surface area contributed by atoms with Gasteiger partial charge in [0.2, 0.25) is 0 Å². The second kappa shape index (κ2) is 7.39. The molecule has 4 rings (SSSR count). The van der Waals surface area contributed by atoms with E-state index in [0.29, 0.717) is 18.0 Å². The molecule has 27 heavy (non-hydrogen) atoms. The molecule has 6 heteroatoms. The summed E-state index contributed by atoms with van der Waals surface area (Å²) < 4.78 is 7.05. The minimum atomic E-state index is 0.0912. The maximum Gasteiger partial charge on any atom is 0.253 e. The number of rotatable bonds is 4. The molecule has 2 aromatic carbocycles. The lowest BCUT2D eigenvalue weighted by molar-refractivity contribution is 0.0697. The van der Waals surface area contributed by atoms with Gasteiger partial charge < -0.3 is 9.64 Å². The van der Waals surface area contributed by atoms with Crippen LogP contribution in [0.5, 0.6) is 5.75 Å². The summed E-state index contributed by atoms with van der Waals surface area (Å²) in [6, 6.07) is 13.6. The maximum atomic E-state index is 12.8. The molecule has 0 unspecified atom stereocenters. The Labute approximate surface area is 158 Å². The molecule has 0 saturated carbocycles. The molecule has 3 aromatic rings. The molecule has 140 valence electrons. The molecule has 1 aliphatic heterocycles. The number of hydrogen-bond donors (Lipinski definition) is 0. The van der Waals surface area contributed by atoms with Gasteiger partial charge in [0, 0.05) is 18.7 Å². The van der Waals surface area contributed by atoms with E-state index in [4.69, 9.17) is 4.74 Å². The van der Waals surface area contributed by atoms with E-state index in [-0.39, 0.29) is 5.91 Å². The molecular weight excluding hydrogens is 340 g/mol. The summed E-state index contributed by atoms with van der Waals surface area (Å²) in [5, 5.41) is 8.53. The van der Waals surface area contributed by atoms with Crippen molar-refractivity contribution in [1.82, 2.24) is 19.9 Å². The highest BCUT2D eigenvalue weighted by atomic mass is 16.5. The first-order valence-electron chi connectivity index (χ1n) is 9.39. The normalized spacial score (nSPS) is 15.3. The molecule has 6 nitrogen and oxygen atoms in total. The van der Waals surface area contributed by atoms with Crippen molar-refractivity contribution in [1.29, 1.82) is 0 Å². The zero-order valence-corrected chi connectivity index (χ0v) is 15.8. The third-order valence-electron chi connectivity index (χ3n) is 5.32. The van der Waals surface area contributed by atoms with Gasteiger partial charge in [-0.15, -0.1) is 5.10 Å². The summed E-state index contributed by atoms with van der Waals surface area (Å²) >= 11 is 0. The Kier molecular flexibility index (Phi) is 4.79. The third kappa shape index (κ3) is 3.65. The van der Waals surface area contributed by atoms with Crippen molar-refractivity contribution in [2.75, 3.05) is 20.2 Å². The monoisotopic (exact) mass is 364 g/mol.